The Morgan fingerprint density at radius 2 is 2.22 bits per heavy atom. The molecule has 3 heteroatoms. The quantitative estimate of drug-likeness (QED) is 0.890. The largest absolute Gasteiger partial charge is 0.494 e. The monoisotopic (exact) mass is 248 g/mol. The second kappa shape index (κ2) is 6.21. The molecule has 2 unspecified atom stereocenters. The van der Waals surface area contributed by atoms with Gasteiger partial charge in [0.05, 0.1) is 6.61 Å². The summed E-state index contributed by atoms with van der Waals surface area (Å²) in [6.45, 7) is 7.12. The summed E-state index contributed by atoms with van der Waals surface area (Å²) in [6.07, 6.45) is 2.32. The number of piperidine rings is 1. The number of benzene rings is 1. The van der Waals surface area contributed by atoms with E-state index in [9.17, 15) is 0 Å². The molecule has 1 heterocycles. The van der Waals surface area contributed by atoms with Gasteiger partial charge in [-0.2, -0.15) is 0 Å². The van der Waals surface area contributed by atoms with Gasteiger partial charge in [-0.15, -0.1) is 0 Å². The summed E-state index contributed by atoms with van der Waals surface area (Å²) >= 11 is 0. The molecule has 2 atom stereocenters. The lowest BCUT2D eigenvalue weighted by atomic mass is 9.91. The van der Waals surface area contributed by atoms with Crippen LogP contribution in [0.15, 0.2) is 24.3 Å². The molecule has 3 nitrogen and oxygen atoms in total. The van der Waals surface area contributed by atoms with Crippen LogP contribution in [0.3, 0.4) is 0 Å². The van der Waals surface area contributed by atoms with E-state index in [0.29, 0.717) is 12.6 Å². The number of nitrogens with two attached hydrogens (primary N) is 1. The average Bonchev–Trinajstić information content (AvgIpc) is 2.39. The second-order valence-corrected chi connectivity index (χ2v) is 4.89. The van der Waals surface area contributed by atoms with Gasteiger partial charge in [0, 0.05) is 12.1 Å². The molecule has 1 aliphatic heterocycles. The Morgan fingerprint density at radius 3 is 2.94 bits per heavy atom. The first kappa shape index (κ1) is 13.4. The zero-order chi connectivity index (χ0) is 13.0. The van der Waals surface area contributed by atoms with Gasteiger partial charge in [0.2, 0.25) is 0 Å². The summed E-state index contributed by atoms with van der Waals surface area (Å²) in [5.41, 5.74) is 7.61. The van der Waals surface area contributed by atoms with Crippen LogP contribution in [0.1, 0.15) is 38.3 Å². The predicted molar refractivity (Wildman–Crippen MR) is 74.8 cm³/mol. The molecule has 2 N–H and O–H groups in total. The Bertz CT molecular complexity index is 381. The number of nitrogens with zero attached hydrogens (tertiary/aromatic N) is 1. The van der Waals surface area contributed by atoms with Gasteiger partial charge in [-0.1, -0.05) is 19.1 Å². The minimum Gasteiger partial charge on any atom is -0.494 e. The molecule has 1 aromatic rings. The molecule has 0 aliphatic carbocycles. The maximum atomic E-state index is 6.32. The van der Waals surface area contributed by atoms with E-state index < -0.39 is 0 Å². The number of rotatable bonds is 4. The highest BCUT2D eigenvalue weighted by Crippen LogP contribution is 2.31. The average molecular weight is 248 g/mol. The lowest BCUT2D eigenvalue weighted by molar-refractivity contribution is 0.135. The number of likely N-dealkylation sites (N-methyl/N-ethyl adjacent to an activating group) is 1. The molecular formula is C15H24N2O. The zero-order valence-electron chi connectivity index (χ0n) is 11.4. The smallest absolute Gasteiger partial charge is 0.119 e. The summed E-state index contributed by atoms with van der Waals surface area (Å²) < 4.78 is 5.58. The van der Waals surface area contributed by atoms with Gasteiger partial charge in [-0.05, 0) is 50.6 Å². The lowest BCUT2D eigenvalue weighted by Crippen LogP contribution is -2.45. The Morgan fingerprint density at radius 1 is 1.39 bits per heavy atom. The van der Waals surface area contributed by atoms with Crippen LogP contribution < -0.4 is 10.5 Å². The third-order valence-corrected chi connectivity index (χ3v) is 3.70. The molecule has 100 valence electrons. The van der Waals surface area contributed by atoms with Gasteiger partial charge in [0.1, 0.15) is 5.75 Å². The van der Waals surface area contributed by atoms with Crippen LogP contribution in [-0.4, -0.2) is 30.6 Å². The van der Waals surface area contributed by atoms with Crippen molar-refractivity contribution in [1.29, 1.82) is 0 Å². The van der Waals surface area contributed by atoms with Crippen LogP contribution >= 0.6 is 0 Å². The van der Waals surface area contributed by atoms with E-state index in [1.165, 1.54) is 12.0 Å². The van der Waals surface area contributed by atoms with Crippen molar-refractivity contribution < 1.29 is 4.74 Å². The molecule has 0 radical (unpaired) electrons. The first-order chi connectivity index (χ1) is 8.76. The maximum Gasteiger partial charge on any atom is 0.119 e. The van der Waals surface area contributed by atoms with Crippen molar-refractivity contribution in [3.8, 4) is 5.75 Å². The van der Waals surface area contributed by atoms with Crippen molar-refractivity contribution in [2.45, 2.75) is 38.8 Å². The Hall–Kier alpha value is -1.06. The minimum absolute atomic E-state index is 0.232. The molecule has 0 amide bonds. The van der Waals surface area contributed by atoms with Gasteiger partial charge in [-0.3, -0.25) is 4.90 Å². The first-order valence-electron chi connectivity index (χ1n) is 6.98. The summed E-state index contributed by atoms with van der Waals surface area (Å²) in [4.78, 5) is 2.47. The van der Waals surface area contributed by atoms with Gasteiger partial charge in [0.25, 0.3) is 0 Å². The van der Waals surface area contributed by atoms with E-state index >= 15 is 0 Å². The van der Waals surface area contributed by atoms with E-state index in [-0.39, 0.29) is 6.04 Å². The Kier molecular flexibility index (Phi) is 4.61. The van der Waals surface area contributed by atoms with Gasteiger partial charge in [0.15, 0.2) is 0 Å². The normalized spacial score (nSPS) is 25.1. The highest BCUT2D eigenvalue weighted by molar-refractivity contribution is 5.31. The van der Waals surface area contributed by atoms with E-state index in [4.69, 9.17) is 10.5 Å². The molecule has 0 spiro atoms. The first-order valence-corrected chi connectivity index (χ1v) is 6.98. The lowest BCUT2D eigenvalue weighted by Gasteiger charge is -2.39. The third-order valence-electron chi connectivity index (χ3n) is 3.70. The molecule has 0 saturated carbocycles. The molecule has 1 fully saturated rings. The number of hydrogen-bond donors (Lipinski definition) is 1. The summed E-state index contributed by atoms with van der Waals surface area (Å²) in [7, 11) is 0. The molecule has 0 bridgehead atoms. The van der Waals surface area contributed by atoms with Crippen LogP contribution in [0.2, 0.25) is 0 Å². The Balaban J connectivity index is 2.23. The number of likely N-dealkylation sites (tertiary alicyclic amines) is 1. The van der Waals surface area contributed by atoms with Crippen molar-refractivity contribution in [3.63, 3.8) is 0 Å². The van der Waals surface area contributed by atoms with Crippen molar-refractivity contribution in [1.82, 2.24) is 4.90 Å². The fraction of sp³-hybridized carbons (Fsp3) is 0.600. The predicted octanol–water partition coefficient (Wildman–Crippen LogP) is 2.57. The highest BCUT2D eigenvalue weighted by Gasteiger charge is 2.29. The van der Waals surface area contributed by atoms with E-state index in [1.54, 1.807) is 0 Å². The van der Waals surface area contributed by atoms with Crippen LogP contribution in [0.5, 0.6) is 5.75 Å². The number of ether oxygens (including phenoxy) is 1. The third kappa shape index (κ3) is 2.85. The van der Waals surface area contributed by atoms with Crippen molar-refractivity contribution in [2.75, 3.05) is 19.7 Å². The molecule has 18 heavy (non-hydrogen) atoms. The number of hydrogen-bond acceptors (Lipinski definition) is 3. The van der Waals surface area contributed by atoms with Crippen molar-refractivity contribution >= 4 is 0 Å². The van der Waals surface area contributed by atoms with Gasteiger partial charge >= 0.3 is 0 Å². The standard InChI is InChI=1S/C15H24N2O/c1-3-17-10-6-9-14(16)15(17)12-7-5-8-13(11-12)18-4-2/h5,7-8,11,14-15H,3-4,6,9-10,16H2,1-2H3. The van der Waals surface area contributed by atoms with Crippen LogP contribution in [0, 0.1) is 0 Å². The molecule has 1 aromatic carbocycles. The zero-order valence-corrected chi connectivity index (χ0v) is 11.4. The van der Waals surface area contributed by atoms with Crippen molar-refractivity contribution in [2.24, 2.45) is 5.73 Å². The molecule has 1 aliphatic rings. The molecule has 2 rings (SSSR count). The van der Waals surface area contributed by atoms with Gasteiger partial charge < -0.3 is 10.5 Å². The molecule has 0 aromatic heterocycles. The van der Waals surface area contributed by atoms with Crippen LogP contribution in [0.4, 0.5) is 0 Å². The Labute approximate surface area is 110 Å². The van der Waals surface area contributed by atoms with Crippen LogP contribution in [-0.2, 0) is 0 Å². The van der Waals surface area contributed by atoms with E-state index in [0.717, 1.165) is 25.3 Å². The highest BCUT2D eigenvalue weighted by atomic mass is 16.5. The van der Waals surface area contributed by atoms with Crippen LogP contribution in [0.25, 0.3) is 0 Å². The molecular weight excluding hydrogens is 224 g/mol. The van der Waals surface area contributed by atoms with Gasteiger partial charge in [-0.25, -0.2) is 0 Å². The fourth-order valence-corrected chi connectivity index (χ4v) is 2.87. The maximum absolute atomic E-state index is 6.32. The minimum atomic E-state index is 0.232. The summed E-state index contributed by atoms with van der Waals surface area (Å²) in [5, 5.41) is 0. The second-order valence-electron chi connectivity index (χ2n) is 4.89. The topological polar surface area (TPSA) is 38.5 Å². The SMILES string of the molecule is CCOc1cccc(C2C(N)CCCN2CC)c1. The summed E-state index contributed by atoms with van der Waals surface area (Å²) in [6, 6.07) is 8.95. The van der Waals surface area contributed by atoms with E-state index in [1.807, 2.05) is 13.0 Å². The summed E-state index contributed by atoms with van der Waals surface area (Å²) in [5.74, 6) is 0.948. The van der Waals surface area contributed by atoms with Crippen molar-refractivity contribution in [3.05, 3.63) is 29.8 Å². The van der Waals surface area contributed by atoms with E-state index in [2.05, 4.69) is 30.0 Å². The molecule has 1 saturated heterocycles. The fourth-order valence-electron chi connectivity index (χ4n) is 2.87.